The molecule has 0 saturated carbocycles. The van der Waals surface area contributed by atoms with Gasteiger partial charge in [-0.25, -0.2) is 12.7 Å². The van der Waals surface area contributed by atoms with Gasteiger partial charge in [0.05, 0.1) is 11.8 Å². The molecule has 1 aliphatic heterocycles. The second-order valence-corrected chi connectivity index (χ2v) is 7.52. The molecule has 1 atom stereocenters. The van der Waals surface area contributed by atoms with Crippen LogP contribution >= 0.6 is 0 Å². The molecule has 2 heterocycles. The average Bonchev–Trinajstić information content (AvgIpc) is 3.02. The second kappa shape index (κ2) is 5.79. The molecule has 1 aliphatic rings. The Kier molecular flexibility index (Phi) is 4.01. The lowest BCUT2D eigenvalue weighted by Crippen LogP contribution is -2.34. The average molecular weight is 308 g/mol. The summed E-state index contributed by atoms with van der Waals surface area (Å²) in [5, 5.41) is 4.41. The van der Waals surface area contributed by atoms with Gasteiger partial charge in [0, 0.05) is 25.0 Å². The zero-order valence-corrected chi connectivity index (χ0v) is 12.9. The number of sulfonamides is 1. The quantitative estimate of drug-likeness (QED) is 0.919. The fourth-order valence-electron chi connectivity index (χ4n) is 2.66. The van der Waals surface area contributed by atoms with E-state index in [4.69, 9.17) is 4.42 Å². The molecule has 0 radical (unpaired) electrons. The molecule has 1 N–H and O–H groups in total. The molecule has 0 spiro atoms. The van der Waals surface area contributed by atoms with E-state index in [0.29, 0.717) is 19.6 Å². The Morgan fingerprint density at radius 1 is 1.38 bits per heavy atom. The molecule has 21 heavy (non-hydrogen) atoms. The van der Waals surface area contributed by atoms with Crippen LogP contribution in [0, 0.1) is 0 Å². The fraction of sp³-hybridized carbons (Fsp3) is 0.467. The summed E-state index contributed by atoms with van der Waals surface area (Å²) in [6.07, 6.45) is 0.738. The van der Waals surface area contributed by atoms with Gasteiger partial charge < -0.3 is 9.73 Å². The largest absolute Gasteiger partial charge is 0.459 e. The van der Waals surface area contributed by atoms with Crippen molar-refractivity contribution in [2.24, 2.45) is 0 Å². The van der Waals surface area contributed by atoms with Crippen molar-refractivity contribution in [3.8, 4) is 0 Å². The standard InChI is InChI=1S/C15H20N2O3S/c1-12(15-11-13-5-2-3-6-14(13)20-15)16-7-9-17-8-4-10-21(17,18)19/h2-3,5-6,11-12,16H,4,7-10H2,1H3/t12-/m0/s1. The zero-order valence-electron chi connectivity index (χ0n) is 12.1. The number of nitrogens with one attached hydrogen (secondary N) is 1. The van der Waals surface area contributed by atoms with Gasteiger partial charge in [-0.05, 0) is 25.5 Å². The first-order valence-electron chi connectivity index (χ1n) is 7.26. The van der Waals surface area contributed by atoms with Crippen molar-refractivity contribution < 1.29 is 12.8 Å². The van der Waals surface area contributed by atoms with Gasteiger partial charge in [0.25, 0.3) is 0 Å². The summed E-state index contributed by atoms with van der Waals surface area (Å²) in [7, 11) is -3.00. The normalized spacial score (nSPS) is 20.0. The minimum Gasteiger partial charge on any atom is -0.459 e. The third kappa shape index (κ3) is 3.12. The monoisotopic (exact) mass is 308 g/mol. The van der Waals surface area contributed by atoms with Gasteiger partial charge in [-0.3, -0.25) is 0 Å². The molecule has 6 heteroatoms. The van der Waals surface area contributed by atoms with E-state index >= 15 is 0 Å². The summed E-state index contributed by atoms with van der Waals surface area (Å²) >= 11 is 0. The number of rotatable bonds is 5. The van der Waals surface area contributed by atoms with Crippen LogP contribution in [0.2, 0.25) is 0 Å². The maximum atomic E-state index is 11.7. The summed E-state index contributed by atoms with van der Waals surface area (Å²) in [5.74, 6) is 1.16. The number of para-hydroxylation sites is 1. The summed E-state index contributed by atoms with van der Waals surface area (Å²) in [6, 6.07) is 9.99. The molecule has 1 fully saturated rings. The number of fused-ring (bicyclic) bond motifs is 1. The first-order valence-corrected chi connectivity index (χ1v) is 8.87. The van der Waals surface area contributed by atoms with Crippen LogP contribution in [0.4, 0.5) is 0 Å². The number of hydrogen-bond donors (Lipinski definition) is 1. The molecule has 3 rings (SSSR count). The third-order valence-electron chi connectivity index (χ3n) is 3.89. The second-order valence-electron chi connectivity index (χ2n) is 5.43. The van der Waals surface area contributed by atoms with E-state index in [1.54, 1.807) is 4.31 Å². The van der Waals surface area contributed by atoms with E-state index in [2.05, 4.69) is 5.32 Å². The van der Waals surface area contributed by atoms with Crippen LogP contribution in [-0.2, 0) is 10.0 Å². The van der Waals surface area contributed by atoms with E-state index in [-0.39, 0.29) is 11.8 Å². The maximum absolute atomic E-state index is 11.7. The van der Waals surface area contributed by atoms with Crippen molar-refractivity contribution in [2.75, 3.05) is 25.4 Å². The predicted octanol–water partition coefficient (Wildman–Crippen LogP) is 2.12. The van der Waals surface area contributed by atoms with Gasteiger partial charge in [-0.2, -0.15) is 0 Å². The van der Waals surface area contributed by atoms with Gasteiger partial charge >= 0.3 is 0 Å². The highest BCUT2D eigenvalue weighted by atomic mass is 32.2. The van der Waals surface area contributed by atoms with E-state index < -0.39 is 10.0 Å². The van der Waals surface area contributed by atoms with Crippen molar-refractivity contribution in [3.63, 3.8) is 0 Å². The van der Waals surface area contributed by atoms with E-state index in [1.807, 2.05) is 37.3 Å². The van der Waals surface area contributed by atoms with Crippen LogP contribution in [0.3, 0.4) is 0 Å². The SMILES string of the molecule is C[C@H](NCCN1CCCS1(=O)=O)c1cc2ccccc2o1. The molecule has 0 aliphatic carbocycles. The van der Waals surface area contributed by atoms with E-state index in [1.165, 1.54) is 0 Å². The van der Waals surface area contributed by atoms with E-state index in [9.17, 15) is 8.42 Å². The zero-order chi connectivity index (χ0) is 14.9. The van der Waals surface area contributed by atoms with Crippen LogP contribution in [0.25, 0.3) is 11.0 Å². The summed E-state index contributed by atoms with van der Waals surface area (Å²) in [5.41, 5.74) is 0.878. The summed E-state index contributed by atoms with van der Waals surface area (Å²) in [4.78, 5) is 0. The van der Waals surface area contributed by atoms with Crippen LogP contribution in [-0.4, -0.2) is 38.1 Å². The van der Waals surface area contributed by atoms with Crippen LogP contribution < -0.4 is 5.32 Å². The highest BCUT2D eigenvalue weighted by molar-refractivity contribution is 7.89. The van der Waals surface area contributed by atoms with Crippen molar-refractivity contribution in [1.82, 2.24) is 9.62 Å². The fourth-order valence-corrected chi connectivity index (χ4v) is 4.19. The minimum absolute atomic E-state index is 0.0581. The van der Waals surface area contributed by atoms with Gasteiger partial charge in [0.15, 0.2) is 0 Å². The highest BCUT2D eigenvalue weighted by Gasteiger charge is 2.27. The molecule has 114 valence electrons. The van der Waals surface area contributed by atoms with Crippen molar-refractivity contribution in [3.05, 3.63) is 36.1 Å². The Morgan fingerprint density at radius 2 is 2.19 bits per heavy atom. The Hall–Kier alpha value is -1.37. The predicted molar refractivity (Wildman–Crippen MR) is 82.6 cm³/mol. The topological polar surface area (TPSA) is 62.6 Å². The van der Waals surface area contributed by atoms with Crippen LogP contribution in [0.15, 0.2) is 34.7 Å². The number of benzene rings is 1. The highest BCUT2D eigenvalue weighted by Crippen LogP contribution is 2.23. The number of nitrogens with zero attached hydrogens (tertiary/aromatic N) is 1. The first kappa shape index (κ1) is 14.6. The summed E-state index contributed by atoms with van der Waals surface area (Å²) < 4.78 is 30.8. The molecule has 1 aromatic heterocycles. The first-order chi connectivity index (χ1) is 10.1. The van der Waals surface area contributed by atoms with Gasteiger partial charge in [0.2, 0.25) is 10.0 Å². The number of hydrogen-bond acceptors (Lipinski definition) is 4. The van der Waals surface area contributed by atoms with Gasteiger partial charge in [-0.15, -0.1) is 0 Å². The number of furan rings is 1. The molecule has 0 unspecified atom stereocenters. The molecule has 1 aromatic carbocycles. The van der Waals surface area contributed by atoms with E-state index in [0.717, 1.165) is 23.2 Å². The molecule has 5 nitrogen and oxygen atoms in total. The molecule has 0 amide bonds. The lowest BCUT2D eigenvalue weighted by atomic mass is 10.2. The lowest BCUT2D eigenvalue weighted by Gasteiger charge is -2.16. The maximum Gasteiger partial charge on any atom is 0.214 e. The smallest absolute Gasteiger partial charge is 0.214 e. The van der Waals surface area contributed by atoms with Gasteiger partial charge in [0.1, 0.15) is 11.3 Å². The molecule has 1 saturated heterocycles. The Labute approximate surface area is 125 Å². The Balaban J connectivity index is 1.58. The van der Waals surface area contributed by atoms with Crippen LogP contribution in [0.5, 0.6) is 0 Å². The Morgan fingerprint density at radius 3 is 2.90 bits per heavy atom. The van der Waals surface area contributed by atoms with Gasteiger partial charge in [-0.1, -0.05) is 18.2 Å². The van der Waals surface area contributed by atoms with Crippen molar-refractivity contribution in [1.29, 1.82) is 0 Å². The van der Waals surface area contributed by atoms with Crippen molar-refractivity contribution in [2.45, 2.75) is 19.4 Å². The molecule has 2 aromatic rings. The molecular weight excluding hydrogens is 288 g/mol. The lowest BCUT2D eigenvalue weighted by molar-refractivity contribution is 0.401. The summed E-state index contributed by atoms with van der Waals surface area (Å²) in [6.45, 7) is 3.81. The van der Waals surface area contributed by atoms with Crippen molar-refractivity contribution >= 4 is 21.0 Å². The molecular formula is C15H20N2O3S. The third-order valence-corrected chi connectivity index (χ3v) is 5.84. The molecule has 0 bridgehead atoms. The minimum atomic E-state index is -3.00. The Bertz CT molecular complexity index is 690. The van der Waals surface area contributed by atoms with Crippen LogP contribution in [0.1, 0.15) is 25.1 Å².